The molecule has 0 atom stereocenters. The molecule has 0 bridgehead atoms. The van der Waals surface area contributed by atoms with Crippen molar-refractivity contribution >= 4 is 16.6 Å². The van der Waals surface area contributed by atoms with Crippen molar-refractivity contribution in [3.8, 4) is 17.0 Å². The predicted octanol–water partition coefficient (Wildman–Crippen LogP) is 4.06. The van der Waals surface area contributed by atoms with Crippen molar-refractivity contribution in [2.45, 2.75) is 6.92 Å². The van der Waals surface area contributed by atoms with E-state index >= 15 is 0 Å². The van der Waals surface area contributed by atoms with Gasteiger partial charge in [-0.25, -0.2) is 0 Å². The third-order valence-electron chi connectivity index (χ3n) is 3.62. The fourth-order valence-corrected chi connectivity index (χ4v) is 2.63. The normalized spacial score (nSPS) is 10.8. The van der Waals surface area contributed by atoms with Crippen LogP contribution in [0.5, 0.6) is 5.75 Å². The Hall–Kier alpha value is -2.82. The van der Waals surface area contributed by atoms with Gasteiger partial charge in [0.1, 0.15) is 11.3 Å². The lowest BCUT2D eigenvalue weighted by Crippen LogP contribution is -1.91. The van der Waals surface area contributed by atoms with Crippen LogP contribution in [0.25, 0.3) is 22.2 Å². The zero-order chi connectivity index (χ0) is 15.0. The van der Waals surface area contributed by atoms with Crippen LogP contribution in [0.3, 0.4) is 0 Å². The highest BCUT2D eigenvalue weighted by atomic mass is 16.6. The monoisotopic (exact) mass is 282 g/mol. The number of hydrogen-bond acceptors (Lipinski definition) is 3. The third kappa shape index (κ3) is 2.03. The number of nitrogens with zero attached hydrogens (tertiary/aromatic N) is 1. The predicted molar refractivity (Wildman–Crippen MR) is 81.7 cm³/mol. The molecule has 3 rings (SSSR count). The highest BCUT2D eigenvalue weighted by molar-refractivity contribution is 6.00. The molecule has 5 heteroatoms. The zero-order valence-corrected chi connectivity index (χ0v) is 11.7. The number of rotatable bonds is 3. The summed E-state index contributed by atoms with van der Waals surface area (Å²) < 4.78 is 5.35. The number of methoxy groups -OCH3 is 1. The first kappa shape index (κ1) is 13.2. The largest absolute Gasteiger partial charge is 0.496 e. The molecule has 0 unspecified atom stereocenters. The zero-order valence-electron chi connectivity index (χ0n) is 11.7. The lowest BCUT2D eigenvalue weighted by molar-refractivity contribution is -0.383. The molecule has 0 radical (unpaired) electrons. The van der Waals surface area contributed by atoms with Crippen molar-refractivity contribution in [1.82, 2.24) is 4.98 Å². The van der Waals surface area contributed by atoms with Gasteiger partial charge < -0.3 is 9.72 Å². The number of aryl methyl sites for hydroxylation is 1. The molecule has 0 aliphatic heterocycles. The first-order valence-corrected chi connectivity index (χ1v) is 6.52. The molecule has 0 spiro atoms. The summed E-state index contributed by atoms with van der Waals surface area (Å²) in [5.74, 6) is 0.631. The molecule has 0 saturated heterocycles. The maximum atomic E-state index is 11.2. The Morgan fingerprint density at radius 2 is 1.86 bits per heavy atom. The van der Waals surface area contributed by atoms with Gasteiger partial charge in [-0.1, -0.05) is 30.3 Å². The minimum Gasteiger partial charge on any atom is -0.496 e. The Labute approximate surface area is 121 Å². The van der Waals surface area contributed by atoms with Gasteiger partial charge >= 0.3 is 0 Å². The van der Waals surface area contributed by atoms with E-state index in [0.717, 1.165) is 22.2 Å². The number of H-pyrrole nitrogens is 1. The van der Waals surface area contributed by atoms with Crippen molar-refractivity contribution < 1.29 is 9.66 Å². The number of nitrogens with one attached hydrogen (secondary N) is 1. The number of ether oxygens (including phenoxy) is 1. The van der Waals surface area contributed by atoms with Crippen molar-refractivity contribution in [2.24, 2.45) is 0 Å². The highest BCUT2D eigenvalue weighted by Crippen LogP contribution is 2.39. The van der Waals surface area contributed by atoms with E-state index in [-0.39, 0.29) is 10.6 Å². The molecule has 1 heterocycles. The van der Waals surface area contributed by atoms with E-state index in [9.17, 15) is 10.1 Å². The number of aromatic nitrogens is 1. The van der Waals surface area contributed by atoms with E-state index < -0.39 is 0 Å². The van der Waals surface area contributed by atoms with Gasteiger partial charge in [-0.15, -0.1) is 0 Å². The molecule has 0 aliphatic rings. The van der Waals surface area contributed by atoms with Gasteiger partial charge in [0.15, 0.2) is 0 Å². The van der Waals surface area contributed by atoms with Crippen LogP contribution in [0.15, 0.2) is 42.5 Å². The van der Waals surface area contributed by atoms with Gasteiger partial charge in [0, 0.05) is 11.8 Å². The second-order valence-electron chi connectivity index (χ2n) is 4.79. The number of nitro benzene ring substituents is 1. The topological polar surface area (TPSA) is 68.2 Å². The maximum Gasteiger partial charge on any atom is 0.293 e. The summed E-state index contributed by atoms with van der Waals surface area (Å²) in [5.41, 5.74) is 3.35. The fraction of sp³-hybridized carbons (Fsp3) is 0.125. The van der Waals surface area contributed by atoms with E-state index in [2.05, 4.69) is 4.98 Å². The van der Waals surface area contributed by atoms with Gasteiger partial charge in [-0.3, -0.25) is 10.1 Å². The summed E-state index contributed by atoms with van der Waals surface area (Å²) in [7, 11) is 1.56. The standard InChI is InChI=1S/C16H14N2O3/c1-10-14-13(21-2)9-8-12(18(19)20)16(14)17-15(10)11-6-4-3-5-7-11/h3-9,17H,1-2H3. The smallest absolute Gasteiger partial charge is 0.293 e. The molecule has 3 aromatic rings. The first-order chi connectivity index (χ1) is 10.1. The van der Waals surface area contributed by atoms with Crippen LogP contribution in [0.4, 0.5) is 5.69 Å². The average Bonchev–Trinajstić information content (AvgIpc) is 2.85. The molecule has 106 valence electrons. The summed E-state index contributed by atoms with van der Waals surface area (Å²) >= 11 is 0. The molecule has 0 saturated carbocycles. The number of benzene rings is 2. The van der Waals surface area contributed by atoms with Gasteiger partial charge in [0.25, 0.3) is 5.69 Å². The second-order valence-corrected chi connectivity index (χ2v) is 4.79. The number of hydrogen-bond donors (Lipinski definition) is 1. The van der Waals surface area contributed by atoms with E-state index in [1.54, 1.807) is 13.2 Å². The van der Waals surface area contributed by atoms with Crippen LogP contribution in [0.2, 0.25) is 0 Å². The molecule has 5 nitrogen and oxygen atoms in total. The number of nitro groups is 1. The van der Waals surface area contributed by atoms with Crippen LogP contribution < -0.4 is 4.74 Å². The van der Waals surface area contributed by atoms with E-state index in [1.807, 2.05) is 37.3 Å². The summed E-state index contributed by atoms with van der Waals surface area (Å²) in [6.07, 6.45) is 0. The first-order valence-electron chi connectivity index (χ1n) is 6.52. The van der Waals surface area contributed by atoms with E-state index in [4.69, 9.17) is 4.74 Å². The third-order valence-corrected chi connectivity index (χ3v) is 3.62. The number of non-ortho nitro benzene ring substituents is 1. The number of aromatic amines is 1. The molecule has 0 amide bonds. The summed E-state index contributed by atoms with van der Waals surface area (Å²) in [4.78, 5) is 14.0. The maximum absolute atomic E-state index is 11.2. The van der Waals surface area contributed by atoms with Gasteiger partial charge in [-0.05, 0) is 24.1 Å². The minimum absolute atomic E-state index is 0.0519. The van der Waals surface area contributed by atoms with Crippen LogP contribution in [0, 0.1) is 17.0 Å². The summed E-state index contributed by atoms with van der Waals surface area (Å²) in [6.45, 7) is 1.94. The second kappa shape index (κ2) is 4.94. The van der Waals surface area contributed by atoms with Crippen LogP contribution in [0.1, 0.15) is 5.56 Å². The summed E-state index contributed by atoms with van der Waals surface area (Å²) in [5, 5.41) is 12.0. The van der Waals surface area contributed by atoms with Gasteiger partial charge in [0.2, 0.25) is 0 Å². The number of fused-ring (bicyclic) bond motifs is 1. The van der Waals surface area contributed by atoms with Crippen LogP contribution in [-0.4, -0.2) is 17.0 Å². The molecule has 21 heavy (non-hydrogen) atoms. The molecule has 1 N–H and O–H groups in total. The molecule has 1 aromatic heterocycles. The van der Waals surface area contributed by atoms with Crippen molar-refractivity contribution in [1.29, 1.82) is 0 Å². The van der Waals surface area contributed by atoms with Crippen LogP contribution in [-0.2, 0) is 0 Å². The minimum atomic E-state index is -0.382. The molecular formula is C16H14N2O3. The SMILES string of the molecule is COc1ccc([N+](=O)[O-])c2[nH]c(-c3ccccc3)c(C)c12. The van der Waals surface area contributed by atoms with Crippen molar-refractivity contribution in [3.05, 3.63) is 58.1 Å². The Morgan fingerprint density at radius 1 is 1.14 bits per heavy atom. The highest BCUT2D eigenvalue weighted by Gasteiger charge is 2.21. The van der Waals surface area contributed by atoms with E-state index in [0.29, 0.717) is 11.3 Å². The summed E-state index contributed by atoms with van der Waals surface area (Å²) in [6, 6.07) is 12.8. The Morgan fingerprint density at radius 3 is 2.48 bits per heavy atom. The fourth-order valence-electron chi connectivity index (χ4n) is 2.63. The molecular weight excluding hydrogens is 268 g/mol. The lowest BCUT2D eigenvalue weighted by atomic mass is 10.1. The average molecular weight is 282 g/mol. The lowest BCUT2D eigenvalue weighted by Gasteiger charge is -2.03. The van der Waals surface area contributed by atoms with Gasteiger partial charge in [0.05, 0.1) is 17.4 Å². The van der Waals surface area contributed by atoms with Crippen molar-refractivity contribution in [2.75, 3.05) is 7.11 Å². The molecule has 0 aliphatic carbocycles. The molecule has 0 fully saturated rings. The Kier molecular flexibility index (Phi) is 3.10. The van der Waals surface area contributed by atoms with Crippen molar-refractivity contribution in [3.63, 3.8) is 0 Å². The van der Waals surface area contributed by atoms with Gasteiger partial charge in [-0.2, -0.15) is 0 Å². The van der Waals surface area contributed by atoms with E-state index in [1.165, 1.54) is 6.07 Å². The molecule has 2 aromatic carbocycles. The quantitative estimate of drug-likeness (QED) is 0.581. The Balaban J connectivity index is 2.37. The Bertz CT molecular complexity index is 822. The van der Waals surface area contributed by atoms with Crippen LogP contribution >= 0.6 is 0 Å².